The van der Waals surface area contributed by atoms with Crippen LogP contribution in [0.1, 0.15) is 17.2 Å². The zero-order valence-electron chi connectivity index (χ0n) is 12.7. The Labute approximate surface area is 138 Å². The molecule has 1 aliphatic heterocycles. The molecule has 0 bridgehead atoms. The number of nitrogens with one attached hydrogen (secondary N) is 1. The number of rotatable bonds is 4. The summed E-state index contributed by atoms with van der Waals surface area (Å²) in [7, 11) is 0. The average Bonchev–Trinajstić information content (AvgIpc) is 2.56. The van der Waals surface area contributed by atoms with Crippen molar-refractivity contribution >= 4 is 12.4 Å². The molecule has 0 aromatic heterocycles. The fourth-order valence-electron chi connectivity index (χ4n) is 2.61. The number of halogens is 1. The van der Waals surface area contributed by atoms with E-state index in [2.05, 4.69) is 30.4 Å². The molecule has 2 aromatic carbocycles. The smallest absolute Gasteiger partial charge is 0.151 e. The summed E-state index contributed by atoms with van der Waals surface area (Å²) in [5.74, 6) is 0.917. The quantitative estimate of drug-likeness (QED) is 0.935. The normalized spacial score (nSPS) is 19.0. The summed E-state index contributed by atoms with van der Waals surface area (Å²) >= 11 is 0. The molecular weight excluding hydrogens is 298 g/mol. The number of aryl methyl sites for hydroxylation is 1. The minimum absolute atomic E-state index is 0. The summed E-state index contributed by atoms with van der Waals surface area (Å²) in [5, 5.41) is 3.38. The molecule has 118 valence electrons. The molecule has 0 spiro atoms. The van der Waals surface area contributed by atoms with Gasteiger partial charge in [0.25, 0.3) is 0 Å². The first-order valence-electron chi connectivity index (χ1n) is 7.44. The van der Waals surface area contributed by atoms with Gasteiger partial charge in [-0.25, -0.2) is 0 Å². The van der Waals surface area contributed by atoms with Crippen LogP contribution in [-0.4, -0.2) is 25.8 Å². The van der Waals surface area contributed by atoms with E-state index in [9.17, 15) is 0 Å². The van der Waals surface area contributed by atoms with Gasteiger partial charge < -0.3 is 14.8 Å². The fraction of sp³-hybridized carbons (Fsp3) is 0.333. The van der Waals surface area contributed by atoms with Gasteiger partial charge in [-0.1, -0.05) is 48.5 Å². The van der Waals surface area contributed by atoms with Crippen LogP contribution in [0.25, 0.3) is 0 Å². The van der Waals surface area contributed by atoms with E-state index in [0.29, 0.717) is 0 Å². The minimum Gasteiger partial charge on any atom is -0.483 e. The first kappa shape index (κ1) is 16.8. The van der Waals surface area contributed by atoms with E-state index >= 15 is 0 Å². The predicted octanol–water partition coefficient (Wildman–Crippen LogP) is 3.53. The van der Waals surface area contributed by atoms with Crippen molar-refractivity contribution in [2.45, 2.75) is 19.1 Å². The minimum atomic E-state index is -0.0971. The molecule has 1 heterocycles. The lowest BCUT2D eigenvalue weighted by molar-refractivity contribution is -0.0434. The van der Waals surface area contributed by atoms with Crippen molar-refractivity contribution in [2.75, 3.05) is 19.7 Å². The molecule has 0 aliphatic carbocycles. The van der Waals surface area contributed by atoms with Crippen LogP contribution < -0.4 is 10.1 Å². The van der Waals surface area contributed by atoms with Crippen LogP contribution in [0, 0.1) is 6.92 Å². The Morgan fingerprint density at radius 3 is 2.50 bits per heavy atom. The number of morpholine rings is 1. The van der Waals surface area contributed by atoms with Gasteiger partial charge in [-0.05, 0) is 24.1 Å². The van der Waals surface area contributed by atoms with Crippen LogP contribution in [-0.2, 0) is 4.74 Å². The van der Waals surface area contributed by atoms with E-state index in [1.165, 1.54) is 0 Å². The van der Waals surface area contributed by atoms with Crippen molar-refractivity contribution in [3.8, 4) is 5.75 Å². The Morgan fingerprint density at radius 1 is 1.09 bits per heavy atom. The van der Waals surface area contributed by atoms with Crippen molar-refractivity contribution in [1.82, 2.24) is 5.32 Å². The Kier molecular flexibility index (Phi) is 6.25. The Balaban J connectivity index is 0.00000176. The molecule has 2 unspecified atom stereocenters. The molecule has 1 fully saturated rings. The molecule has 3 nitrogen and oxygen atoms in total. The maximum atomic E-state index is 6.31. The second-order valence-electron chi connectivity index (χ2n) is 5.33. The highest BCUT2D eigenvalue weighted by atomic mass is 35.5. The topological polar surface area (TPSA) is 30.5 Å². The Hall–Kier alpha value is -1.55. The third-order valence-electron chi connectivity index (χ3n) is 3.77. The monoisotopic (exact) mass is 319 g/mol. The maximum absolute atomic E-state index is 6.31. The van der Waals surface area contributed by atoms with E-state index in [-0.39, 0.29) is 24.6 Å². The Bertz CT molecular complexity index is 570. The first-order valence-corrected chi connectivity index (χ1v) is 7.44. The van der Waals surface area contributed by atoms with Crippen LogP contribution in [0.3, 0.4) is 0 Å². The summed E-state index contributed by atoms with van der Waals surface area (Å²) in [5.41, 5.74) is 2.29. The zero-order chi connectivity index (χ0) is 14.5. The summed E-state index contributed by atoms with van der Waals surface area (Å²) in [6.45, 7) is 4.51. The lowest BCUT2D eigenvalue weighted by atomic mass is 10.0. The first-order chi connectivity index (χ1) is 10.3. The van der Waals surface area contributed by atoms with Crippen molar-refractivity contribution in [3.05, 3.63) is 65.7 Å². The summed E-state index contributed by atoms with van der Waals surface area (Å²) < 4.78 is 12.2. The lowest BCUT2D eigenvalue weighted by Crippen LogP contribution is -2.43. The molecule has 1 aliphatic rings. The van der Waals surface area contributed by atoms with E-state index < -0.39 is 0 Å². The molecule has 4 heteroatoms. The molecule has 2 atom stereocenters. The highest BCUT2D eigenvalue weighted by molar-refractivity contribution is 5.85. The zero-order valence-corrected chi connectivity index (χ0v) is 13.5. The largest absolute Gasteiger partial charge is 0.483 e. The highest BCUT2D eigenvalue weighted by Crippen LogP contribution is 2.29. The van der Waals surface area contributed by atoms with Gasteiger partial charge in [-0.3, -0.25) is 0 Å². The maximum Gasteiger partial charge on any atom is 0.151 e. The van der Waals surface area contributed by atoms with Crippen LogP contribution in [0.4, 0.5) is 0 Å². The van der Waals surface area contributed by atoms with Crippen molar-refractivity contribution < 1.29 is 9.47 Å². The lowest BCUT2D eigenvalue weighted by Gasteiger charge is -2.32. The van der Waals surface area contributed by atoms with Gasteiger partial charge in [0.05, 0.1) is 6.61 Å². The van der Waals surface area contributed by atoms with Gasteiger partial charge >= 0.3 is 0 Å². The molecule has 0 amide bonds. The van der Waals surface area contributed by atoms with Crippen LogP contribution >= 0.6 is 12.4 Å². The molecular formula is C18H22ClNO2. The van der Waals surface area contributed by atoms with Gasteiger partial charge in [-0.2, -0.15) is 0 Å². The molecule has 0 radical (unpaired) electrons. The highest BCUT2D eigenvalue weighted by Gasteiger charge is 2.28. The summed E-state index contributed by atoms with van der Waals surface area (Å²) in [6, 6.07) is 18.4. The molecule has 3 rings (SSSR count). The number of hydrogen-bond acceptors (Lipinski definition) is 3. The number of hydrogen-bond donors (Lipinski definition) is 1. The van der Waals surface area contributed by atoms with Gasteiger partial charge in [0, 0.05) is 13.1 Å². The molecule has 1 saturated heterocycles. The van der Waals surface area contributed by atoms with Crippen molar-refractivity contribution in [3.63, 3.8) is 0 Å². The third kappa shape index (κ3) is 4.01. The SMILES string of the molecule is Cc1ccccc1OC(c1ccccc1)C1CNCCO1.Cl. The third-order valence-corrected chi connectivity index (χ3v) is 3.77. The van der Waals surface area contributed by atoms with E-state index in [4.69, 9.17) is 9.47 Å². The van der Waals surface area contributed by atoms with Crippen molar-refractivity contribution in [1.29, 1.82) is 0 Å². The van der Waals surface area contributed by atoms with Crippen molar-refractivity contribution in [2.24, 2.45) is 0 Å². The second kappa shape index (κ2) is 8.18. The van der Waals surface area contributed by atoms with Gasteiger partial charge in [0.2, 0.25) is 0 Å². The molecule has 22 heavy (non-hydrogen) atoms. The standard InChI is InChI=1S/C18H21NO2.ClH/c1-14-7-5-6-10-16(14)21-18(15-8-3-2-4-9-15)17-13-19-11-12-20-17;/h2-10,17-19H,11-13H2,1H3;1H. The Morgan fingerprint density at radius 2 is 1.82 bits per heavy atom. The molecule has 0 saturated carbocycles. The van der Waals surface area contributed by atoms with E-state index in [0.717, 1.165) is 36.6 Å². The van der Waals surface area contributed by atoms with E-state index in [1.54, 1.807) is 0 Å². The number of para-hydroxylation sites is 1. The molecule has 1 N–H and O–H groups in total. The number of ether oxygens (including phenoxy) is 2. The molecule has 2 aromatic rings. The van der Waals surface area contributed by atoms with Gasteiger partial charge in [-0.15, -0.1) is 12.4 Å². The summed E-state index contributed by atoms with van der Waals surface area (Å²) in [6.07, 6.45) is -0.0687. The van der Waals surface area contributed by atoms with Gasteiger partial charge in [0.15, 0.2) is 6.10 Å². The summed E-state index contributed by atoms with van der Waals surface area (Å²) in [4.78, 5) is 0. The number of benzene rings is 2. The van der Waals surface area contributed by atoms with Crippen LogP contribution in [0.2, 0.25) is 0 Å². The van der Waals surface area contributed by atoms with E-state index in [1.807, 2.05) is 36.4 Å². The van der Waals surface area contributed by atoms with Gasteiger partial charge in [0.1, 0.15) is 11.9 Å². The fourth-order valence-corrected chi connectivity index (χ4v) is 2.61. The average molecular weight is 320 g/mol. The van der Waals surface area contributed by atoms with Crippen LogP contribution in [0.15, 0.2) is 54.6 Å². The second-order valence-corrected chi connectivity index (χ2v) is 5.33. The van der Waals surface area contributed by atoms with Crippen LogP contribution in [0.5, 0.6) is 5.75 Å². The predicted molar refractivity (Wildman–Crippen MR) is 90.8 cm³/mol.